The third-order valence-corrected chi connectivity index (χ3v) is 3.42. The Morgan fingerprint density at radius 1 is 1.41 bits per heavy atom. The van der Waals surface area contributed by atoms with Crippen molar-refractivity contribution in [1.82, 2.24) is 5.32 Å². The highest BCUT2D eigenvalue weighted by Crippen LogP contribution is 2.34. The monoisotopic (exact) mass is 297 g/mol. The van der Waals surface area contributed by atoms with Gasteiger partial charge in [0.05, 0.1) is 18.1 Å². The molecule has 17 heavy (non-hydrogen) atoms. The van der Waals surface area contributed by atoms with E-state index in [1.807, 2.05) is 12.1 Å². The summed E-state index contributed by atoms with van der Waals surface area (Å²) in [6.45, 7) is 5.84. The number of fused-ring (bicyclic) bond motifs is 1. The van der Waals surface area contributed by atoms with Gasteiger partial charge in [-0.3, -0.25) is 0 Å². The molecule has 0 aliphatic heterocycles. The maximum atomic E-state index is 5.87. The number of rotatable bonds is 4. The minimum absolute atomic E-state index is 0.756. The fourth-order valence-electron chi connectivity index (χ4n) is 1.83. The molecular formula is C13H16BrNO2. The Morgan fingerprint density at radius 2 is 2.18 bits per heavy atom. The largest absolute Gasteiger partial charge is 0.497 e. The van der Waals surface area contributed by atoms with Gasteiger partial charge in [-0.1, -0.05) is 6.92 Å². The van der Waals surface area contributed by atoms with Crippen LogP contribution < -0.4 is 10.1 Å². The first-order chi connectivity index (χ1) is 8.17. The molecule has 1 N–H and O–H groups in total. The zero-order valence-electron chi connectivity index (χ0n) is 10.3. The van der Waals surface area contributed by atoms with Gasteiger partial charge >= 0.3 is 0 Å². The molecule has 0 fully saturated rings. The average Bonchev–Trinajstić information content (AvgIpc) is 2.65. The van der Waals surface area contributed by atoms with Crippen LogP contribution in [0.1, 0.15) is 18.2 Å². The van der Waals surface area contributed by atoms with Gasteiger partial charge in [-0.05, 0) is 47.1 Å². The number of hydrogen-bond donors (Lipinski definition) is 1. The summed E-state index contributed by atoms with van der Waals surface area (Å²) in [5.41, 5.74) is 2.05. The van der Waals surface area contributed by atoms with E-state index in [9.17, 15) is 0 Å². The lowest BCUT2D eigenvalue weighted by Crippen LogP contribution is -2.11. The van der Waals surface area contributed by atoms with E-state index < -0.39 is 0 Å². The minimum atomic E-state index is 0.756. The summed E-state index contributed by atoms with van der Waals surface area (Å²) in [6.07, 6.45) is 0. The van der Waals surface area contributed by atoms with Crippen LogP contribution in [0.4, 0.5) is 0 Å². The van der Waals surface area contributed by atoms with Crippen molar-refractivity contribution in [3.63, 3.8) is 0 Å². The van der Waals surface area contributed by atoms with Gasteiger partial charge in [-0.15, -0.1) is 0 Å². The van der Waals surface area contributed by atoms with Crippen LogP contribution in [0.3, 0.4) is 0 Å². The predicted octanol–water partition coefficient (Wildman–Crippen LogP) is 3.62. The van der Waals surface area contributed by atoms with Gasteiger partial charge in [0.25, 0.3) is 0 Å². The molecule has 2 aromatic rings. The lowest BCUT2D eigenvalue weighted by atomic mass is 10.1. The van der Waals surface area contributed by atoms with Gasteiger partial charge in [-0.25, -0.2) is 0 Å². The fourth-order valence-corrected chi connectivity index (χ4v) is 2.35. The van der Waals surface area contributed by atoms with E-state index in [0.29, 0.717) is 0 Å². The molecule has 2 rings (SSSR count). The van der Waals surface area contributed by atoms with E-state index in [2.05, 4.69) is 35.1 Å². The summed E-state index contributed by atoms with van der Waals surface area (Å²) >= 11 is 3.51. The molecule has 4 heteroatoms. The molecule has 1 heterocycles. The summed E-state index contributed by atoms with van der Waals surface area (Å²) in [5.74, 6) is 1.82. The molecule has 0 radical (unpaired) electrons. The normalized spacial score (nSPS) is 11.1. The highest BCUT2D eigenvalue weighted by Gasteiger charge is 2.13. The molecule has 0 aliphatic rings. The molecule has 92 valence electrons. The first-order valence-corrected chi connectivity index (χ1v) is 6.43. The van der Waals surface area contributed by atoms with Crippen molar-refractivity contribution >= 4 is 26.9 Å². The smallest absolute Gasteiger partial charge is 0.149 e. The van der Waals surface area contributed by atoms with Crippen molar-refractivity contribution in [2.24, 2.45) is 0 Å². The zero-order chi connectivity index (χ0) is 12.4. The summed E-state index contributed by atoms with van der Waals surface area (Å²) in [4.78, 5) is 0. The first-order valence-electron chi connectivity index (χ1n) is 5.63. The number of hydrogen-bond acceptors (Lipinski definition) is 3. The van der Waals surface area contributed by atoms with Crippen molar-refractivity contribution in [3.8, 4) is 5.75 Å². The lowest BCUT2D eigenvalue weighted by Gasteiger charge is -2.00. The lowest BCUT2D eigenvalue weighted by molar-refractivity contribution is 0.415. The van der Waals surface area contributed by atoms with E-state index >= 15 is 0 Å². The Labute approximate surface area is 109 Å². The van der Waals surface area contributed by atoms with Crippen molar-refractivity contribution in [3.05, 3.63) is 27.9 Å². The number of benzene rings is 1. The summed E-state index contributed by atoms with van der Waals surface area (Å²) in [7, 11) is 1.67. The fraction of sp³-hybridized carbons (Fsp3) is 0.385. The van der Waals surface area contributed by atoms with Crippen molar-refractivity contribution in [2.75, 3.05) is 13.7 Å². The molecule has 1 aromatic heterocycles. The summed E-state index contributed by atoms with van der Waals surface area (Å²) in [5, 5.41) is 4.38. The van der Waals surface area contributed by atoms with Crippen LogP contribution in [0, 0.1) is 6.92 Å². The van der Waals surface area contributed by atoms with Crippen molar-refractivity contribution < 1.29 is 9.15 Å². The van der Waals surface area contributed by atoms with E-state index in [-0.39, 0.29) is 0 Å². The quantitative estimate of drug-likeness (QED) is 0.936. The van der Waals surface area contributed by atoms with Crippen molar-refractivity contribution in [1.29, 1.82) is 0 Å². The Kier molecular flexibility index (Phi) is 3.74. The zero-order valence-corrected chi connectivity index (χ0v) is 11.8. The molecule has 0 aliphatic carbocycles. The van der Waals surface area contributed by atoms with Crippen LogP contribution in [0.5, 0.6) is 5.75 Å². The molecule has 0 bridgehead atoms. The van der Waals surface area contributed by atoms with Crippen LogP contribution in [0.2, 0.25) is 0 Å². The van der Waals surface area contributed by atoms with E-state index in [1.54, 1.807) is 7.11 Å². The molecule has 3 nitrogen and oxygen atoms in total. The number of nitrogens with one attached hydrogen (secondary N) is 1. The maximum absolute atomic E-state index is 5.87. The Balaban J connectivity index is 2.53. The Morgan fingerprint density at radius 3 is 2.82 bits per heavy atom. The maximum Gasteiger partial charge on any atom is 0.149 e. The van der Waals surface area contributed by atoms with Crippen LogP contribution in [-0.4, -0.2) is 13.7 Å². The second-order valence-corrected chi connectivity index (χ2v) is 4.77. The molecule has 0 saturated heterocycles. The van der Waals surface area contributed by atoms with Gasteiger partial charge in [0, 0.05) is 5.39 Å². The first kappa shape index (κ1) is 12.5. The SMILES string of the molecule is CCNCc1oc2c(Br)cc(OC)cc2c1C. The van der Waals surface area contributed by atoms with Gasteiger partial charge in [0.1, 0.15) is 17.1 Å². The molecule has 0 amide bonds. The summed E-state index contributed by atoms with van der Waals surface area (Å²) < 4.78 is 12.1. The van der Waals surface area contributed by atoms with Crippen LogP contribution in [0.25, 0.3) is 11.0 Å². The standard InChI is InChI=1S/C13H16BrNO2/c1-4-15-7-12-8(2)10-5-9(16-3)6-11(14)13(10)17-12/h5-6,15H,4,7H2,1-3H3. The van der Waals surface area contributed by atoms with Gasteiger partial charge in [0.2, 0.25) is 0 Å². The highest BCUT2D eigenvalue weighted by molar-refractivity contribution is 9.10. The molecular weight excluding hydrogens is 282 g/mol. The van der Waals surface area contributed by atoms with E-state index in [4.69, 9.17) is 9.15 Å². The number of ether oxygens (including phenoxy) is 1. The molecule has 0 saturated carbocycles. The summed E-state index contributed by atoms with van der Waals surface area (Å²) in [6, 6.07) is 3.93. The topological polar surface area (TPSA) is 34.4 Å². The average molecular weight is 298 g/mol. The van der Waals surface area contributed by atoms with E-state index in [0.717, 1.165) is 40.0 Å². The highest BCUT2D eigenvalue weighted by atomic mass is 79.9. The predicted molar refractivity (Wildman–Crippen MR) is 72.6 cm³/mol. The van der Waals surface area contributed by atoms with Gasteiger partial charge in [0.15, 0.2) is 0 Å². The number of furan rings is 1. The van der Waals surface area contributed by atoms with Crippen LogP contribution >= 0.6 is 15.9 Å². The van der Waals surface area contributed by atoms with Crippen LogP contribution in [-0.2, 0) is 6.54 Å². The molecule has 0 unspecified atom stereocenters. The van der Waals surface area contributed by atoms with Gasteiger partial charge in [-0.2, -0.15) is 0 Å². The number of aryl methyl sites for hydroxylation is 1. The second-order valence-electron chi connectivity index (χ2n) is 3.92. The Hall–Kier alpha value is -1.00. The molecule has 1 aromatic carbocycles. The third kappa shape index (κ3) is 2.33. The number of halogens is 1. The third-order valence-electron chi connectivity index (χ3n) is 2.84. The second kappa shape index (κ2) is 5.10. The molecule has 0 spiro atoms. The number of methoxy groups -OCH3 is 1. The van der Waals surface area contributed by atoms with Gasteiger partial charge < -0.3 is 14.5 Å². The Bertz CT molecular complexity index is 534. The minimum Gasteiger partial charge on any atom is -0.497 e. The van der Waals surface area contributed by atoms with Crippen molar-refractivity contribution in [2.45, 2.75) is 20.4 Å². The molecule has 0 atom stereocenters. The van der Waals surface area contributed by atoms with Crippen LogP contribution in [0.15, 0.2) is 21.0 Å². The van der Waals surface area contributed by atoms with E-state index in [1.165, 1.54) is 5.56 Å².